The minimum Gasteiger partial charge on any atom is -0.488 e. The van der Waals surface area contributed by atoms with E-state index in [0.29, 0.717) is 12.4 Å². The lowest BCUT2D eigenvalue weighted by Gasteiger charge is -2.31. The Morgan fingerprint density at radius 1 is 0.526 bits per heavy atom. The van der Waals surface area contributed by atoms with Crippen molar-refractivity contribution in [1.82, 2.24) is 0 Å². The topological polar surface area (TPSA) is 80.1 Å². The molecule has 2 aliphatic carbocycles. The SMILES string of the molecule is Cc1ccc(Oc2cc3c(cc2C)C(C)(C)CC32CC(C)(C)c3cc(Oc4ccc([N+](=O)[O-])c(OCc5ccccc5)c4)c(C)cc32)cc1OCc1ccccc1. The third-order valence-corrected chi connectivity index (χ3v) is 11.8. The van der Waals surface area contributed by atoms with Crippen LogP contribution in [0.1, 0.15) is 90.6 Å². The van der Waals surface area contributed by atoms with Gasteiger partial charge in [0.2, 0.25) is 5.75 Å². The van der Waals surface area contributed by atoms with Crippen LogP contribution in [0.3, 0.4) is 0 Å². The number of hydrogen-bond donors (Lipinski definition) is 0. The van der Waals surface area contributed by atoms with Gasteiger partial charge >= 0.3 is 5.69 Å². The van der Waals surface area contributed by atoms with Crippen molar-refractivity contribution in [3.8, 4) is 34.5 Å². The molecule has 0 amide bonds. The van der Waals surface area contributed by atoms with Gasteiger partial charge < -0.3 is 18.9 Å². The predicted octanol–water partition coefficient (Wildman–Crippen LogP) is 12.9. The molecule has 290 valence electrons. The van der Waals surface area contributed by atoms with Crippen LogP contribution in [0.25, 0.3) is 0 Å². The van der Waals surface area contributed by atoms with Crippen molar-refractivity contribution in [2.75, 3.05) is 0 Å². The number of nitro groups is 1. The number of fused-ring (bicyclic) bond motifs is 4. The average Bonchev–Trinajstić information content (AvgIpc) is 3.53. The van der Waals surface area contributed by atoms with E-state index in [1.165, 1.54) is 28.3 Å². The molecule has 57 heavy (non-hydrogen) atoms. The second-order valence-corrected chi connectivity index (χ2v) is 17.1. The summed E-state index contributed by atoms with van der Waals surface area (Å²) in [6.07, 6.45) is 1.91. The van der Waals surface area contributed by atoms with Crippen LogP contribution in [0.2, 0.25) is 0 Å². The van der Waals surface area contributed by atoms with Crippen LogP contribution in [0, 0.1) is 30.9 Å². The monoisotopic (exact) mass is 759 g/mol. The first-order valence-electron chi connectivity index (χ1n) is 19.6. The number of nitrogens with zero attached hydrogens (tertiary/aromatic N) is 1. The van der Waals surface area contributed by atoms with E-state index in [1.54, 1.807) is 12.1 Å². The standard InChI is InChI=1S/C50H49NO6/c1-32-18-19-37(24-44(32)54-28-35-14-10-8-11-15-35)56-46-27-42-39(22-33(46)2)48(4,5)30-50(42)31-49(6,7)40-26-45(34(3)23-41(40)50)57-38-20-21-43(51(52)53)47(25-38)55-29-36-16-12-9-13-17-36/h8-27H,28-31H2,1-7H3. The van der Waals surface area contributed by atoms with Gasteiger partial charge in [0.1, 0.15) is 42.0 Å². The zero-order chi connectivity index (χ0) is 40.1. The molecule has 7 heteroatoms. The molecule has 8 rings (SSSR count). The van der Waals surface area contributed by atoms with Gasteiger partial charge in [-0.25, -0.2) is 0 Å². The molecule has 0 N–H and O–H groups in total. The van der Waals surface area contributed by atoms with E-state index in [2.05, 4.69) is 90.9 Å². The van der Waals surface area contributed by atoms with Crippen LogP contribution in [0.15, 0.2) is 121 Å². The van der Waals surface area contributed by atoms with Crippen LogP contribution in [-0.2, 0) is 29.5 Å². The second kappa shape index (κ2) is 14.5. The van der Waals surface area contributed by atoms with Crippen LogP contribution in [0.5, 0.6) is 34.5 Å². The summed E-state index contributed by atoms with van der Waals surface area (Å²) in [6.45, 7) is 16.3. The first-order valence-corrected chi connectivity index (χ1v) is 19.6. The Hall–Kier alpha value is -6.08. The van der Waals surface area contributed by atoms with Crippen LogP contribution in [-0.4, -0.2) is 4.92 Å². The predicted molar refractivity (Wildman–Crippen MR) is 224 cm³/mol. The summed E-state index contributed by atoms with van der Waals surface area (Å²) >= 11 is 0. The molecule has 0 aromatic heterocycles. The smallest absolute Gasteiger partial charge is 0.311 e. The Bertz CT molecular complexity index is 2490. The van der Waals surface area contributed by atoms with Crippen LogP contribution in [0.4, 0.5) is 5.69 Å². The Balaban J connectivity index is 1.11. The maximum atomic E-state index is 11.9. The van der Waals surface area contributed by atoms with Gasteiger partial charge in [0, 0.05) is 23.6 Å². The second-order valence-electron chi connectivity index (χ2n) is 17.1. The molecule has 0 bridgehead atoms. The number of hydrogen-bond acceptors (Lipinski definition) is 6. The molecule has 2 aliphatic rings. The van der Waals surface area contributed by atoms with Crippen molar-refractivity contribution in [2.24, 2.45) is 0 Å². The van der Waals surface area contributed by atoms with Crippen molar-refractivity contribution in [2.45, 2.75) is 90.8 Å². The van der Waals surface area contributed by atoms with Gasteiger partial charge in [-0.1, -0.05) is 107 Å². The van der Waals surface area contributed by atoms with Gasteiger partial charge in [-0.15, -0.1) is 0 Å². The van der Waals surface area contributed by atoms with Crippen molar-refractivity contribution < 1.29 is 23.9 Å². The summed E-state index contributed by atoms with van der Waals surface area (Å²) in [5, 5.41) is 11.9. The Kier molecular flexibility index (Phi) is 9.59. The summed E-state index contributed by atoms with van der Waals surface area (Å²) in [5.74, 6) is 3.75. The number of rotatable bonds is 11. The van der Waals surface area contributed by atoms with E-state index < -0.39 is 4.92 Å². The van der Waals surface area contributed by atoms with E-state index in [0.717, 1.165) is 63.7 Å². The third kappa shape index (κ3) is 7.23. The largest absolute Gasteiger partial charge is 0.488 e. The van der Waals surface area contributed by atoms with Crippen LogP contribution >= 0.6 is 0 Å². The van der Waals surface area contributed by atoms with Gasteiger partial charge in [-0.05, 0) is 119 Å². The van der Waals surface area contributed by atoms with Gasteiger partial charge in [-0.2, -0.15) is 0 Å². The zero-order valence-electron chi connectivity index (χ0n) is 33.8. The first kappa shape index (κ1) is 37.8. The molecule has 6 aromatic carbocycles. The number of benzene rings is 6. The Morgan fingerprint density at radius 2 is 0.982 bits per heavy atom. The molecule has 0 heterocycles. The van der Waals surface area contributed by atoms with Crippen molar-refractivity contribution >= 4 is 5.69 Å². The van der Waals surface area contributed by atoms with Gasteiger partial charge in [-0.3, -0.25) is 10.1 Å². The fourth-order valence-electron chi connectivity index (χ4n) is 9.14. The quantitative estimate of drug-likeness (QED) is 0.0966. The molecule has 0 saturated heterocycles. The summed E-state index contributed by atoms with van der Waals surface area (Å²) in [5.41, 5.74) is 9.87. The lowest BCUT2D eigenvalue weighted by atomic mass is 9.72. The lowest BCUT2D eigenvalue weighted by Crippen LogP contribution is -2.27. The number of ether oxygens (including phenoxy) is 4. The summed E-state index contributed by atoms with van der Waals surface area (Å²) < 4.78 is 25.5. The fourth-order valence-corrected chi connectivity index (χ4v) is 9.14. The fraction of sp³-hybridized carbons (Fsp3) is 0.280. The van der Waals surface area contributed by atoms with Gasteiger partial charge in [0.15, 0.2) is 0 Å². The molecule has 0 aliphatic heterocycles. The summed E-state index contributed by atoms with van der Waals surface area (Å²) in [6, 6.07) is 39.7. The Morgan fingerprint density at radius 3 is 1.54 bits per heavy atom. The van der Waals surface area contributed by atoms with E-state index in [4.69, 9.17) is 18.9 Å². The highest BCUT2D eigenvalue weighted by Gasteiger charge is 2.56. The van der Waals surface area contributed by atoms with Crippen molar-refractivity contribution in [3.63, 3.8) is 0 Å². The molecule has 0 fully saturated rings. The van der Waals surface area contributed by atoms with E-state index in [9.17, 15) is 10.1 Å². The van der Waals surface area contributed by atoms with E-state index >= 15 is 0 Å². The van der Waals surface area contributed by atoms with E-state index in [-0.39, 0.29) is 34.3 Å². The highest BCUT2D eigenvalue weighted by atomic mass is 16.6. The molecule has 1 unspecified atom stereocenters. The molecule has 7 nitrogen and oxygen atoms in total. The molecule has 6 aromatic rings. The maximum absolute atomic E-state index is 11.9. The molecule has 0 saturated carbocycles. The minimum atomic E-state index is -0.425. The van der Waals surface area contributed by atoms with Crippen molar-refractivity contribution in [1.29, 1.82) is 0 Å². The first-order chi connectivity index (χ1) is 27.2. The van der Waals surface area contributed by atoms with Crippen LogP contribution < -0.4 is 18.9 Å². The van der Waals surface area contributed by atoms with Gasteiger partial charge in [0.05, 0.1) is 4.92 Å². The molecular weight excluding hydrogens is 711 g/mol. The lowest BCUT2D eigenvalue weighted by molar-refractivity contribution is -0.386. The van der Waals surface area contributed by atoms with Gasteiger partial charge in [0.25, 0.3) is 0 Å². The van der Waals surface area contributed by atoms with E-state index in [1.807, 2.05) is 60.7 Å². The normalized spacial score (nSPS) is 17.2. The molecule has 0 radical (unpaired) electrons. The molecule has 1 spiro atoms. The zero-order valence-corrected chi connectivity index (χ0v) is 33.8. The third-order valence-electron chi connectivity index (χ3n) is 11.8. The molecule has 1 atom stereocenters. The Labute approximate surface area is 335 Å². The summed E-state index contributed by atoms with van der Waals surface area (Å²) in [7, 11) is 0. The molecular formula is C50H49NO6. The number of aryl methyl sites for hydroxylation is 3. The minimum absolute atomic E-state index is 0.0589. The van der Waals surface area contributed by atoms with Crippen molar-refractivity contribution in [3.05, 3.63) is 182 Å². The highest BCUT2D eigenvalue weighted by Crippen LogP contribution is 2.64. The maximum Gasteiger partial charge on any atom is 0.311 e. The number of nitro benzene ring substituents is 1. The average molecular weight is 760 g/mol. The summed E-state index contributed by atoms with van der Waals surface area (Å²) in [4.78, 5) is 11.5. The highest BCUT2D eigenvalue weighted by molar-refractivity contribution is 5.64.